The largest absolute Gasteiger partial charge is 0.325 e. The monoisotopic (exact) mass is 394 g/mol. The first kappa shape index (κ1) is 19.1. The zero-order valence-corrected chi connectivity index (χ0v) is 17.3. The molecule has 0 saturated carbocycles. The summed E-state index contributed by atoms with van der Waals surface area (Å²) in [6.45, 7) is 9.20. The number of aromatic nitrogens is 1. The van der Waals surface area contributed by atoms with Gasteiger partial charge in [0.25, 0.3) is 0 Å². The standard InChI is InChI=1S/C22H26N4OS/c1-16-6-5-8-18(17(16)2)23-21(27)14-25-10-12-26(13-11-25)15-22-24-19-7-3-4-9-20(19)28-22/h3-9H,10-15H2,1-2H3,(H,23,27). The van der Waals surface area contributed by atoms with Crippen LogP contribution in [0.2, 0.25) is 0 Å². The van der Waals surface area contributed by atoms with Gasteiger partial charge < -0.3 is 5.32 Å². The second kappa shape index (κ2) is 8.39. The van der Waals surface area contributed by atoms with Crippen LogP contribution >= 0.6 is 11.3 Å². The summed E-state index contributed by atoms with van der Waals surface area (Å²) in [5.74, 6) is 0.0633. The van der Waals surface area contributed by atoms with Gasteiger partial charge in [-0.15, -0.1) is 11.3 Å². The minimum Gasteiger partial charge on any atom is -0.325 e. The van der Waals surface area contributed by atoms with Crippen LogP contribution in [0.25, 0.3) is 10.2 Å². The average molecular weight is 395 g/mol. The van der Waals surface area contributed by atoms with Gasteiger partial charge in [-0.2, -0.15) is 0 Å². The number of aryl methyl sites for hydroxylation is 1. The molecule has 1 aromatic heterocycles. The van der Waals surface area contributed by atoms with Gasteiger partial charge in [0.1, 0.15) is 5.01 Å². The molecule has 146 valence electrons. The third-order valence-corrected chi connectivity index (χ3v) is 6.43. The van der Waals surface area contributed by atoms with Crippen molar-refractivity contribution in [1.29, 1.82) is 0 Å². The number of para-hydroxylation sites is 1. The molecule has 2 aromatic carbocycles. The lowest BCUT2D eigenvalue weighted by molar-refractivity contribution is -0.117. The number of anilines is 1. The maximum absolute atomic E-state index is 12.4. The summed E-state index contributed by atoms with van der Waals surface area (Å²) < 4.78 is 1.25. The molecule has 1 amide bonds. The topological polar surface area (TPSA) is 48.5 Å². The average Bonchev–Trinajstić information content (AvgIpc) is 3.09. The van der Waals surface area contributed by atoms with E-state index in [9.17, 15) is 4.79 Å². The molecule has 0 unspecified atom stereocenters. The Morgan fingerprint density at radius 2 is 1.79 bits per heavy atom. The molecule has 1 N–H and O–H groups in total. The number of nitrogens with one attached hydrogen (secondary N) is 1. The quantitative estimate of drug-likeness (QED) is 0.717. The van der Waals surface area contributed by atoms with E-state index in [4.69, 9.17) is 4.98 Å². The van der Waals surface area contributed by atoms with Crippen molar-refractivity contribution < 1.29 is 4.79 Å². The summed E-state index contributed by atoms with van der Waals surface area (Å²) in [5, 5.41) is 4.23. The first-order valence-electron chi connectivity index (χ1n) is 9.74. The van der Waals surface area contributed by atoms with Crippen LogP contribution in [0.1, 0.15) is 16.1 Å². The Balaban J connectivity index is 1.27. The maximum atomic E-state index is 12.4. The molecule has 1 fully saturated rings. The van der Waals surface area contributed by atoms with Crippen molar-refractivity contribution >= 4 is 33.1 Å². The number of carbonyl (C=O) groups is 1. The number of hydrogen-bond donors (Lipinski definition) is 1. The van der Waals surface area contributed by atoms with E-state index in [0.717, 1.165) is 49.5 Å². The minimum atomic E-state index is 0.0633. The summed E-state index contributed by atoms with van der Waals surface area (Å²) >= 11 is 1.78. The molecule has 28 heavy (non-hydrogen) atoms. The van der Waals surface area contributed by atoms with E-state index in [1.807, 2.05) is 25.1 Å². The van der Waals surface area contributed by atoms with Crippen LogP contribution < -0.4 is 5.32 Å². The van der Waals surface area contributed by atoms with Gasteiger partial charge in [-0.3, -0.25) is 14.6 Å². The number of carbonyl (C=O) groups excluding carboxylic acids is 1. The van der Waals surface area contributed by atoms with Crippen molar-refractivity contribution in [3.05, 3.63) is 58.6 Å². The lowest BCUT2D eigenvalue weighted by Gasteiger charge is -2.33. The molecule has 5 nitrogen and oxygen atoms in total. The molecule has 1 aliphatic heterocycles. The molecule has 6 heteroatoms. The summed E-state index contributed by atoms with van der Waals surface area (Å²) in [4.78, 5) is 21.8. The van der Waals surface area contributed by atoms with Crippen LogP contribution in [-0.4, -0.2) is 53.4 Å². The number of thiazole rings is 1. The highest BCUT2D eigenvalue weighted by molar-refractivity contribution is 7.18. The highest BCUT2D eigenvalue weighted by atomic mass is 32.1. The fraction of sp³-hybridized carbons (Fsp3) is 0.364. The Morgan fingerprint density at radius 1 is 1.04 bits per heavy atom. The minimum absolute atomic E-state index is 0.0633. The number of fused-ring (bicyclic) bond motifs is 1. The summed E-state index contributed by atoms with van der Waals surface area (Å²) in [6.07, 6.45) is 0. The number of piperazine rings is 1. The molecule has 0 aliphatic carbocycles. The molecular weight excluding hydrogens is 368 g/mol. The SMILES string of the molecule is Cc1cccc(NC(=O)CN2CCN(Cc3nc4ccccc4s3)CC2)c1C. The first-order valence-corrected chi connectivity index (χ1v) is 10.6. The van der Waals surface area contributed by atoms with E-state index in [2.05, 4.69) is 46.3 Å². The molecule has 1 aliphatic rings. The van der Waals surface area contributed by atoms with Gasteiger partial charge in [-0.05, 0) is 43.2 Å². The summed E-state index contributed by atoms with van der Waals surface area (Å²) in [6, 6.07) is 14.3. The van der Waals surface area contributed by atoms with Crippen molar-refractivity contribution in [1.82, 2.24) is 14.8 Å². The van der Waals surface area contributed by atoms with E-state index < -0.39 is 0 Å². The zero-order chi connectivity index (χ0) is 19.5. The molecule has 0 atom stereocenters. The maximum Gasteiger partial charge on any atom is 0.238 e. The lowest BCUT2D eigenvalue weighted by Crippen LogP contribution is -2.48. The van der Waals surface area contributed by atoms with Crippen LogP contribution in [0, 0.1) is 13.8 Å². The Bertz CT molecular complexity index is 943. The Hall–Kier alpha value is -2.28. The number of benzene rings is 2. The van der Waals surface area contributed by atoms with Crippen LogP contribution in [0.15, 0.2) is 42.5 Å². The van der Waals surface area contributed by atoms with Gasteiger partial charge in [0.05, 0.1) is 23.3 Å². The van der Waals surface area contributed by atoms with Gasteiger partial charge in [0, 0.05) is 31.9 Å². The highest BCUT2D eigenvalue weighted by Gasteiger charge is 2.20. The summed E-state index contributed by atoms with van der Waals surface area (Å²) in [7, 11) is 0. The normalized spacial score (nSPS) is 15.8. The molecule has 4 rings (SSSR count). The molecular formula is C22H26N4OS. The Kier molecular flexibility index (Phi) is 5.71. The van der Waals surface area contributed by atoms with E-state index in [1.165, 1.54) is 15.3 Å². The second-order valence-corrected chi connectivity index (χ2v) is 8.54. The van der Waals surface area contributed by atoms with Crippen LogP contribution in [0.3, 0.4) is 0 Å². The predicted octanol–water partition coefficient (Wildman–Crippen LogP) is 3.67. The van der Waals surface area contributed by atoms with E-state index in [0.29, 0.717) is 6.54 Å². The van der Waals surface area contributed by atoms with Crippen LogP contribution in [-0.2, 0) is 11.3 Å². The number of rotatable bonds is 5. The second-order valence-electron chi connectivity index (χ2n) is 7.42. The van der Waals surface area contributed by atoms with Crippen molar-refractivity contribution in [2.75, 3.05) is 38.0 Å². The number of nitrogens with zero attached hydrogens (tertiary/aromatic N) is 3. The van der Waals surface area contributed by atoms with Gasteiger partial charge in [0.15, 0.2) is 0 Å². The van der Waals surface area contributed by atoms with Crippen molar-refractivity contribution in [2.24, 2.45) is 0 Å². The fourth-order valence-corrected chi connectivity index (χ4v) is 4.57. The van der Waals surface area contributed by atoms with Gasteiger partial charge in [0.2, 0.25) is 5.91 Å². The third kappa shape index (κ3) is 4.41. The third-order valence-electron chi connectivity index (χ3n) is 5.41. The summed E-state index contributed by atoms with van der Waals surface area (Å²) in [5.41, 5.74) is 4.33. The Labute approximate surface area is 170 Å². The van der Waals surface area contributed by atoms with Gasteiger partial charge >= 0.3 is 0 Å². The molecule has 1 saturated heterocycles. The van der Waals surface area contributed by atoms with E-state index in [-0.39, 0.29) is 5.91 Å². The fourth-order valence-electron chi connectivity index (χ4n) is 3.56. The van der Waals surface area contributed by atoms with Gasteiger partial charge in [-0.25, -0.2) is 4.98 Å². The molecule has 0 bridgehead atoms. The highest BCUT2D eigenvalue weighted by Crippen LogP contribution is 2.23. The van der Waals surface area contributed by atoms with Crippen molar-refractivity contribution in [3.8, 4) is 0 Å². The van der Waals surface area contributed by atoms with E-state index >= 15 is 0 Å². The zero-order valence-electron chi connectivity index (χ0n) is 16.4. The molecule has 2 heterocycles. The molecule has 3 aromatic rings. The predicted molar refractivity (Wildman–Crippen MR) is 116 cm³/mol. The van der Waals surface area contributed by atoms with Crippen LogP contribution in [0.5, 0.6) is 0 Å². The smallest absolute Gasteiger partial charge is 0.238 e. The molecule has 0 radical (unpaired) electrons. The Morgan fingerprint density at radius 3 is 2.57 bits per heavy atom. The number of hydrogen-bond acceptors (Lipinski definition) is 5. The first-order chi connectivity index (χ1) is 13.6. The van der Waals surface area contributed by atoms with Crippen molar-refractivity contribution in [3.63, 3.8) is 0 Å². The van der Waals surface area contributed by atoms with Crippen molar-refractivity contribution in [2.45, 2.75) is 20.4 Å². The van der Waals surface area contributed by atoms with E-state index in [1.54, 1.807) is 11.3 Å². The number of amides is 1. The lowest BCUT2D eigenvalue weighted by atomic mass is 10.1. The van der Waals surface area contributed by atoms with Crippen LogP contribution in [0.4, 0.5) is 5.69 Å². The van der Waals surface area contributed by atoms with Gasteiger partial charge in [-0.1, -0.05) is 24.3 Å². The molecule has 0 spiro atoms.